The van der Waals surface area contributed by atoms with E-state index < -0.39 is 5.97 Å². The van der Waals surface area contributed by atoms with E-state index in [-0.39, 0.29) is 24.5 Å². The summed E-state index contributed by atoms with van der Waals surface area (Å²) in [7, 11) is 1.51. The molecule has 0 radical (unpaired) electrons. The van der Waals surface area contributed by atoms with Crippen LogP contribution in [0.3, 0.4) is 0 Å². The fraction of sp³-hybridized carbons (Fsp3) is 0.263. The molecule has 0 saturated heterocycles. The molecule has 0 atom stereocenters. The predicted molar refractivity (Wildman–Crippen MR) is 109 cm³/mol. The summed E-state index contributed by atoms with van der Waals surface area (Å²) in [5, 5.41) is 0.329. The highest BCUT2D eigenvalue weighted by atomic mass is 79.9. The third-order valence-corrected chi connectivity index (χ3v) is 5.81. The Hall–Kier alpha value is -2.36. The van der Waals surface area contributed by atoms with E-state index in [4.69, 9.17) is 9.47 Å². The number of nitrogens with zero attached hydrogens (tertiary/aromatic N) is 2. The molecule has 0 saturated carbocycles. The summed E-state index contributed by atoms with van der Waals surface area (Å²) in [4.78, 5) is 42.6. The molecule has 0 amide bonds. The lowest BCUT2D eigenvalue weighted by Crippen LogP contribution is -2.24. The first-order valence-electron chi connectivity index (χ1n) is 8.35. The van der Waals surface area contributed by atoms with E-state index in [0.717, 1.165) is 15.8 Å². The van der Waals surface area contributed by atoms with Gasteiger partial charge in [0.25, 0.3) is 5.56 Å². The minimum atomic E-state index is -0.519. The summed E-state index contributed by atoms with van der Waals surface area (Å²) >= 11 is 4.42. The third-order valence-electron chi connectivity index (χ3n) is 4.10. The molecule has 0 unspecified atom stereocenters. The molecule has 0 aliphatic rings. The molecule has 0 fully saturated rings. The number of aromatic nitrogens is 2. The summed E-state index contributed by atoms with van der Waals surface area (Å²) in [6.45, 7) is 1.96. The molecule has 0 aliphatic carbocycles. The van der Waals surface area contributed by atoms with Crippen LogP contribution in [0.1, 0.15) is 25.6 Å². The minimum absolute atomic E-state index is 0.127. The normalized spacial score (nSPS) is 11.0. The maximum atomic E-state index is 12.9. The van der Waals surface area contributed by atoms with Gasteiger partial charge in [-0.05, 0) is 24.6 Å². The summed E-state index contributed by atoms with van der Waals surface area (Å²) in [5.41, 5.74) is 0.644. The van der Waals surface area contributed by atoms with Crippen LogP contribution in [-0.4, -0.2) is 41.6 Å². The highest BCUT2D eigenvalue weighted by Gasteiger charge is 2.21. The third kappa shape index (κ3) is 4.21. The molecule has 146 valence electrons. The van der Waals surface area contributed by atoms with Crippen molar-refractivity contribution < 1.29 is 19.1 Å². The first-order valence-corrected chi connectivity index (χ1v) is 9.96. The Kier molecular flexibility index (Phi) is 6.38. The maximum absolute atomic E-state index is 12.9. The number of benzene rings is 1. The largest absolute Gasteiger partial charge is 0.459 e. The topological polar surface area (TPSA) is 87.5 Å². The zero-order valence-corrected chi connectivity index (χ0v) is 17.6. The predicted octanol–water partition coefficient (Wildman–Crippen LogP) is 3.22. The van der Waals surface area contributed by atoms with Crippen LogP contribution in [-0.2, 0) is 16.0 Å². The number of esters is 1. The number of hydrogen-bond donors (Lipinski definition) is 0. The van der Waals surface area contributed by atoms with E-state index in [1.54, 1.807) is 31.2 Å². The van der Waals surface area contributed by atoms with E-state index in [2.05, 4.69) is 20.9 Å². The van der Waals surface area contributed by atoms with Gasteiger partial charge in [0.15, 0.2) is 5.78 Å². The molecule has 9 heteroatoms. The van der Waals surface area contributed by atoms with Crippen molar-refractivity contribution in [2.45, 2.75) is 13.5 Å². The molecule has 0 bridgehead atoms. The number of ketones is 1. The van der Waals surface area contributed by atoms with Gasteiger partial charge in [0.1, 0.15) is 16.3 Å². The van der Waals surface area contributed by atoms with Gasteiger partial charge in [-0.1, -0.05) is 28.1 Å². The zero-order chi connectivity index (χ0) is 20.3. The van der Waals surface area contributed by atoms with E-state index in [9.17, 15) is 14.4 Å². The lowest BCUT2D eigenvalue weighted by atomic mass is 10.1. The van der Waals surface area contributed by atoms with Gasteiger partial charge in [0.05, 0.1) is 24.9 Å². The van der Waals surface area contributed by atoms with Crippen LogP contribution in [0.5, 0.6) is 0 Å². The Morgan fingerprint density at radius 3 is 2.61 bits per heavy atom. The van der Waals surface area contributed by atoms with Gasteiger partial charge < -0.3 is 9.47 Å². The van der Waals surface area contributed by atoms with Gasteiger partial charge in [-0.3, -0.25) is 14.2 Å². The fourth-order valence-electron chi connectivity index (χ4n) is 2.63. The number of aryl methyl sites for hydroxylation is 1. The van der Waals surface area contributed by atoms with Crippen molar-refractivity contribution >= 4 is 49.2 Å². The number of ether oxygens (including phenoxy) is 2. The average Bonchev–Trinajstić information content (AvgIpc) is 3.02. The van der Waals surface area contributed by atoms with Gasteiger partial charge in [0, 0.05) is 17.1 Å². The van der Waals surface area contributed by atoms with Gasteiger partial charge in [-0.15, -0.1) is 11.3 Å². The van der Waals surface area contributed by atoms with Crippen LogP contribution in [0, 0.1) is 6.92 Å². The number of halogens is 1. The monoisotopic (exact) mass is 464 g/mol. The van der Waals surface area contributed by atoms with E-state index >= 15 is 0 Å². The highest BCUT2D eigenvalue weighted by Crippen LogP contribution is 2.27. The number of fused-ring (bicyclic) bond motifs is 1. The molecule has 2 heterocycles. The van der Waals surface area contributed by atoms with Gasteiger partial charge in [-0.25, -0.2) is 9.78 Å². The van der Waals surface area contributed by atoms with Crippen molar-refractivity contribution in [3.63, 3.8) is 0 Å². The molecule has 0 N–H and O–H groups in total. The first-order chi connectivity index (χ1) is 13.4. The van der Waals surface area contributed by atoms with Crippen LogP contribution < -0.4 is 5.56 Å². The quantitative estimate of drug-likeness (QED) is 0.303. The lowest BCUT2D eigenvalue weighted by Gasteiger charge is -2.05. The lowest BCUT2D eigenvalue weighted by molar-refractivity contribution is 0.0393. The SMILES string of the molecule is COCCOC(=O)c1sc2ncn(CC(=O)c3ccc(Br)cc3)c(=O)c2c1C. The van der Waals surface area contributed by atoms with Crippen molar-refractivity contribution in [3.05, 3.63) is 61.4 Å². The van der Waals surface area contributed by atoms with E-state index in [1.165, 1.54) is 18.0 Å². The second-order valence-electron chi connectivity index (χ2n) is 5.97. The Morgan fingerprint density at radius 1 is 1.21 bits per heavy atom. The summed E-state index contributed by atoms with van der Waals surface area (Å²) < 4.78 is 12.1. The Bertz CT molecular complexity index is 1090. The molecule has 3 aromatic rings. The number of rotatable bonds is 7. The Balaban J connectivity index is 1.89. The molecule has 0 spiro atoms. The highest BCUT2D eigenvalue weighted by molar-refractivity contribution is 9.10. The molecular weight excluding hydrogens is 448 g/mol. The standard InChI is InChI=1S/C19H17BrN2O5S/c1-11-15-17(28-16(11)19(25)27-8-7-26-2)21-10-22(18(15)24)9-14(23)12-3-5-13(20)6-4-12/h3-6,10H,7-9H2,1-2H3. The molecule has 3 rings (SSSR count). The molecule has 2 aromatic heterocycles. The van der Waals surface area contributed by atoms with E-state index in [0.29, 0.717) is 32.8 Å². The van der Waals surface area contributed by atoms with Crippen molar-refractivity contribution in [2.75, 3.05) is 20.3 Å². The number of hydrogen-bond acceptors (Lipinski definition) is 7. The van der Waals surface area contributed by atoms with Gasteiger partial charge in [-0.2, -0.15) is 0 Å². The molecule has 7 nitrogen and oxygen atoms in total. The number of Topliss-reactive ketones (excluding diaryl/α,β-unsaturated/α-hetero) is 1. The van der Waals surface area contributed by atoms with Crippen molar-refractivity contribution in [3.8, 4) is 0 Å². The maximum Gasteiger partial charge on any atom is 0.348 e. The Labute approximate surface area is 173 Å². The smallest absolute Gasteiger partial charge is 0.348 e. The average molecular weight is 465 g/mol. The number of thiophene rings is 1. The second kappa shape index (κ2) is 8.76. The molecule has 28 heavy (non-hydrogen) atoms. The zero-order valence-electron chi connectivity index (χ0n) is 15.2. The minimum Gasteiger partial charge on any atom is -0.459 e. The summed E-state index contributed by atoms with van der Waals surface area (Å²) in [6.07, 6.45) is 1.33. The number of methoxy groups -OCH3 is 1. The van der Waals surface area contributed by atoms with Crippen LogP contribution >= 0.6 is 27.3 Å². The second-order valence-corrected chi connectivity index (χ2v) is 7.89. The van der Waals surface area contributed by atoms with Gasteiger partial charge in [0.2, 0.25) is 0 Å². The van der Waals surface area contributed by atoms with Crippen LogP contribution in [0.15, 0.2) is 39.9 Å². The first kappa shape index (κ1) is 20.4. The number of carbonyl (C=O) groups is 2. The van der Waals surface area contributed by atoms with Crippen LogP contribution in [0.2, 0.25) is 0 Å². The van der Waals surface area contributed by atoms with Crippen molar-refractivity contribution in [2.24, 2.45) is 0 Å². The van der Waals surface area contributed by atoms with Crippen LogP contribution in [0.25, 0.3) is 10.2 Å². The summed E-state index contributed by atoms with van der Waals surface area (Å²) in [6, 6.07) is 6.91. The number of carbonyl (C=O) groups excluding carboxylic acids is 2. The van der Waals surface area contributed by atoms with E-state index in [1.807, 2.05) is 0 Å². The van der Waals surface area contributed by atoms with Crippen molar-refractivity contribution in [1.29, 1.82) is 0 Å². The Morgan fingerprint density at radius 2 is 1.93 bits per heavy atom. The molecule has 1 aromatic carbocycles. The molecular formula is C19H17BrN2O5S. The van der Waals surface area contributed by atoms with Crippen LogP contribution in [0.4, 0.5) is 0 Å². The summed E-state index contributed by atoms with van der Waals surface area (Å²) in [5.74, 6) is -0.725. The fourth-order valence-corrected chi connectivity index (χ4v) is 3.93. The van der Waals surface area contributed by atoms with Crippen molar-refractivity contribution in [1.82, 2.24) is 9.55 Å². The molecule has 0 aliphatic heterocycles. The van der Waals surface area contributed by atoms with Gasteiger partial charge >= 0.3 is 5.97 Å².